The number of ether oxygens (including phenoxy) is 2. The molecule has 0 amide bonds. The Morgan fingerprint density at radius 2 is 1.90 bits per heavy atom. The fourth-order valence-corrected chi connectivity index (χ4v) is 1.67. The highest BCUT2D eigenvalue weighted by Crippen LogP contribution is 2.22. The standard InChI is InChI=1S/C15H19N3O2/c1-3-7-16-9-12-10-17-15(18-11-12)20-14-6-4-5-13(8-14)19-2/h4-6,8,10-11,16H,3,7,9H2,1-2H3. The molecule has 5 nitrogen and oxygen atoms in total. The van der Waals surface area contributed by atoms with Crippen LogP contribution in [0.25, 0.3) is 0 Å². The summed E-state index contributed by atoms with van der Waals surface area (Å²) in [5, 5.41) is 3.30. The molecule has 0 spiro atoms. The van der Waals surface area contributed by atoms with E-state index in [4.69, 9.17) is 9.47 Å². The number of hydrogen-bond donors (Lipinski definition) is 1. The van der Waals surface area contributed by atoms with E-state index in [2.05, 4.69) is 22.2 Å². The highest BCUT2D eigenvalue weighted by Gasteiger charge is 2.02. The Kier molecular flexibility index (Phi) is 5.32. The van der Waals surface area contributed by atoms with Crippen LogP contribution in [0, 0.1) is 0 Å². The van der Waals surface area contributed by atoms with Crippen LogP contribution in [-0.4, -0.2) is 23.6 Å². The van der Waals surface area contributed by atoms with Crippen molar-refractivity contribution in [2.45, 2.75) is 19.9 Å². The molecular formula is C15H19N3O2. The largest absolute Gasteiger partial charge is 0.497 e. The third-order valence-corrected chi connectivity index (χ3v) is 2.69. The summed E-state index contributed by atoms with van der Waals surface area (Å²) in [5.74, 6) is 1.39. The van der Waals surface area contributed by atoms with Crippen molar-refractivity contribution in [3.8, 4) is 17.5 Å². The Hall–Kier alpha value is -2.14. The molecule has 0 aliphatic heterocycles. The van der Waals surface area contributed by atoms with Crippen molar-refractivity contribution in [2.24, 2.45) is 0 Å². The van der Waals surface area contributed by atoms with Gasteiger partial charge in [0, 0.05) is 30.6 Å². The molecule has 0 radical (unpaired) electrons. The van der Waals surface area contributed by atoms with E-state index >= 15 is 0 Å². The molecule has 20 heavy (non-hydrogen) atoms. The van der Waals surface area contributed by atoms with Gasteiger partial charge in [0.2, 0.25) is 0 Å². The fraction of sp³-hybridized carbons (Fsp3) is 0.333. The molecule has 0 atom stereocenters. The van der Waals surface area contributed by atoms with Crippen molar-refractivity contribution in [1.82, 2.24) is 15.3 Å². The number of hydrogen-bond acceptors (Lipinski definition) is 5. The molecule has 5 heteroatoms. The maximum absolute atomic E-state index is 5.58. The average molecular weight is 273 g/mol. The van der Waals surface area contributed by atoms with Crippen LogP contribution >= 0.6 is 0 Å². The number of nitrogens with zero attached hydrogens (tertiary/aromatic N) is 2. The summed E-state index contributed by atoms with van der Waals surface area (Å²) in [6.45, 7) is 3.89. The Labute approximate surface area is 119 Å². The van der Waals surface area contributed by atoms with Crippen LogP contribution < -0.4 is 14.8 Å². The minimum absolute atomic E-state index is 0.331. The van der Waals surface area contributed by atoms with E-state index in [9.17, 15) is 0 Å². The van der Waals surface area contributed by atoms with Crippen molar-refractivity contribution in [3.63, 3.8) is 0 Å². The molecule has 1 aromatic heterocycles. The molecule has 2 rings (SSSR count). The summed E-state index contributed by atoms with van der Waals surface area (Å²) in [4.78, 5) is 8.39. The number of rotatable bonds is 7. The van der Waals surface area contributed by atoms with Crippen LogP contribution in [0.5, 0.6) is 17.5 Å². The predicted molar refractivity (Wildman–Crippen MR) is 77.1 cm³/mol. The van der Waals surface area contributed by atoms with Gasteiger partial charge in [0.25, 0.3) is 0 Å². The first kappa shape index (κ1) is 14.3. The third kappa shape index (κ3) is 4.20. The van der Waals surface area contributed by atoms with Crippen LogP contribution in [-0.2, 0) is 6.54 Å². The van der Waals surface area contributed by atoms with Gasteiger partial charge in [-0.05, 0) is 25.1 Å². The smallest absolute Gasteiger partial charge is 0.321 e. The van der Waals surface area contributed by atoms with Gasteiger partial charge in [0.1, 0.15) is 11.5 Å². The number of benzene rings is 1. The molecule has 0 saturated carbocycles. The van der Waals surface area contributed by atoms with E-state index < -0.39 is 0 Å². The molecule has 0 aliphatic rings. The molecule has 0 bridgehead atoms. The summed E-state index contributed by atoms with van der Waals surface area (Å²) >= 11 is 0. The molecule has 106 valence electrons. The second-order valence-electron chi connectivity index (χ2n) is 4.33. The fourth-order valence-electron chi connectivity index (χ4n) is 1.67. The van der Waals surface area contributed by atoms with E-state index in [-0.39, 0.29) is 0 Å². The topological polar surface area (TPSA) is 56.3 Å². The van der Waals surface area contributed by atoms with Gasteiger partial charge in [-0.2, -0.15) is 0 Å². The molecule has 1 aromatic carbocycles. The maximum Gasteiger partial charge on any atom is 0.321 e. The number of aromatic nitrogens is 2. The van der Waals surface area contributed by atoms with Crippen molar-refractivity contribution in [3.05, 3.63) is 42.2 Å². The highest BCUT2D eigenvalue weighted by atomic mass is 16.5. The van der Waals surface area contributed by atoms with E-state index in [1.807, 2.05) is 18.2 Å². The first-order valence-electron chi connectivity index (χ1n) is 6.65. The zero-order chi connectivity index (χ0) is 14.2. The monoisotopic (exact) mass is 273 g/mol. The Morgan fingerprint density at radius 1 is 1.15 bits per heavy atom. The third-order valence-electron chi connectivity index (χ3n) is 2.69. The normalized spacial score (nSPS) is 10.3. The van der Waals surface area contributed by atoms with Gasteiger partial charge in [-0.1, -0.05) is 13.0 Å². The lowest BCUT2D eigenvalue weighted by molar-refractivity contribution is 0.404. The quantitative estimate of drug-likeness (QED) is 0.786. The summed E-state index contributed by atoms with van der Waals surface area (Å²) in [7, 11) is 1.62. The van der Waals surface area contributed by atoms with Gasteiger partial charge in [0.05, 0.1) is 7.11 Å². The summed E-state index contributed by atoms with van der Waals surface area (Å²) in [5.41, 5.74) is 1.04. The molecule has 0 unspecified atom stereocenters. The zero-order valence-corrected chi connectivity index (χ0v) is 11.8. The van der Waals surface area contributed by atoms with E-state index in [1.54, 1.807) is 25.6 Å². The van der Waals surface area contributed by atoms with E-state index in [1.165, 1.54) is 0 Å². The lowest BCUT2D eigenvalue weighted by Gasteiger charge is -2.06. The average Bonchev–Trinajstić information content (AvgIpc) is 2.49. The Morgan fingerprint density at radius 3 is 2.60 bits per heavy atom. The van der Waals surface area contributed by atoms with E-state index in [0.717, 1.165) is 30.8 Å². The van der Waals surface area contributed by atoms with Gasteiger partial charge in [-0.3, -0.25) is 0 Å². The number of methoxy groups -OCH3 is 1. The Balaban J connectivity index is 1.95. The van der Waals surface area contributed by atoms with Crippen molar-refractivity contribution >= 4 is 0 Å². The van der Waals surface area contributed by atoms with Crippen LogP contribution in [0.1, 0.15) is 18.9 Å². The molecule has 0 aliphatic carbocycles. The second kappa shape index (κ2) is 7.45. The van der Waals surface area contributed by atoms with Crippen molar-refractivity contribution in [1.29, 1.82) is 0 Å². The van der Waals surface area contributed by atoms with Gasteiger partial charge in [0.15, 0.2) is 0 Å². The van der Waals surface area contributed by atoms with Gasteiger partial charge >= 0.3 is 6.01 Å². The lowest BCUT2D eigenvalue weighted by Crippen LogP contribution is -2.14. The van der Waals surface area contributed by atoms with Gasteiger partial charge < -0.3 is 14.8 Å². The molecule has 1 N–H and O–H groups in total. The molecule has 0 fully saturated rings. The minimum atomic E-state index is 0.331. The highest BCUT2D eigenvalue weighted by molar-refractivity contribution is 5.34. The lowest BCUT2D eigenvalue weighted by atomic mass is 10.3. The predicted octanol–water partition coefficient (Wildman–Crippen LogP) is 2.78. The van der Waals surface area contributed by atoms with Gasteiger partial charge in [-0.15, -0.1) is 0 Å². The van der Waals surface area contributed by atoms with Crippen LogP contribution in [0.15, 0.2) is 36.7 Å². The first-order chi connectivity index (χ1) is 9.81. The SMILES string of the molecule is CCCNCc1cnc(Oc2cccc(OC)c2)nc1. The van der Waals surface area contributed by atoms with Crippen LogP contribution in [0.3, 0.4) is 0 Å². The van der Waals surface area contributed by atoms with Crippen molar-refractivity contribution < 1.29 is 9.47 Å². The molecule has 1 heterocycles. The second-order valence-corrected chi connectivity index (χ2v) is 4.33. The molecular weight excluding hydrogens is 254 g/mol. The number of nitrogens with one attached hydrogen (secondary N) is 1. The summed E-state index contributed by atoms with van der Waals surface area (Å²) < 4.78 is 10.7. The minimum Gasteiger partial charge on any atom is -0.497 e. The molecule has 2 aromatic rings. The van der Waals surface area contributed by atoms with Crippen LogP contribution in [0.2, 0.25) is 0 Å². The summed E-state index contributed by atoms with van der Waals surface area (Å²) in [6.07, 6.45) is 4.65. The first-order valence-corrected chi connectivity index (χ1v) is 6.65. The Bertz CT molecular complexity index is 529. The van der Waals surface area contributed by atoms with Gasteiger partial charge in [-0.25, -0.2) is 9.97 Å². The van der Waals surface area contributed by atoms with E-state index in [0.29, 0.717) is 11.8 Å². The maximum atomic E-state index is 5.58. The molecule has 0 saturated heterocycles. The zero-order valence-electron chi connectivity index (χ0n) is 11.8. The van der Waals surface area contributed by atoms with Crippen molar-refractivity contribution in [2.75, 3.05) is 13.7 Å². The summed E-state index contributed by atoms with van der Waals surface area (Å²) in [6, 6.07) is 7.67. The van der Waals surface area contributed by atoms with Crippen LogP contribution in [0.4, 0.5) is 0 Å².